The first-order chi connectivity index (χ1) is 11.7. The van der Waals surface area contributed by atoms with Gasteiger partial charge in [0, 0.05) is 29.9 Å². The fourth-order valence-electron chi connectivity index (χ4n) is 2.29. The predicted octanol–water partition coefficient (Wildman–Crippen LogP) is 4.46. The maximum Gasteiger partial charge on any atom is 0.223 e. The molecule has 2 aromatic rings. The number of aliphatic hydroxyl groups excluding tert-OH is 1. The molecule has 0 saturated carbocycles. The molecule has 0 bridgehead atoms. The molecule has 0 fully saturated rings. The summed E-state index contributed by atoms with van der Waals surface area (Å²) >= 11 is 0. The Hall–Kier alpha value is -2.76. The minimum absolute atomic E-state index is 0.0255. The van der Waals surface area contributed by atoms with Crippen LogP contribution in [-0.2, 0) is 12.0 Å². The van der Waals surface area contributed by atoms with Gasteiger partial charge in [-0.15, -0.1) is 0 Å². The van der Waals surface area contributed by atoms with Crippen LogP contribution in [0.1, 0.15) is 44.5 Å². The van der Waals surface area contributed by atoms with Gasteiger partial charge in [0.1, 0.15) is 11.6 Å². The number of hydrogen-bond acceptors (Lipinski definition) is 5. The highest BCUT2D eigenvalue weighted by Crippen LogP contribution is 2.28. The lowest BCUT2D eigenvalue weighted by molar-refractivity contribution is 0.500. The van der Waals surface area contributed by atoms with E-state index in [0.717, 1.165) is 5.56 Å². The first-order valence-electron chi connectivity index (χ1n) is 7.99. The van der Waals surface area contributed by atoms with Crippen molar-refractivity contribution in [2.24, 2.45) is 0 Å². The van der Waals surface area contributed by atoms with E-state index >= 15 is 0 Å². The molecular formula is C19H23FN4O. The molecule has 0 aliphatic rings. The molecule has 0 saturated heterocycles. The Kier molecular flexibility index (Phi) is 5.51. The van der Waals surface area contributed by atoms with Crippen molar-refractivity contribution in [2.45, 2.75) is 39.7 Å². The Labute approximate surface area is 147 Å². The van der Waals surface area contributed by atoms with E-state index in [0.29, 0.717) is 23.8 Å². The van der Waals surface area contributed by atoms with Crippen LogP contribution in [-0.4, -0.2) is 20.8 Å². The predicted molar refractivity (Wildman–Crippen MR) is 98.5 cm³/mol. The van der Waals surface area contributed by atoms with Gasteiger partial charge in [-0.2, -0.15) is 0 Å². The van der Waals surface area contributed by atoms with Crippen molar-refractivity contribution in [3.8, 4) is 0 Å². The molecule has 0 atom stereocenters. The van der Waals surface area contributed by atoms with Crippen molar-refractivity contribution < 1.29 is 9.50 Å². The summed E-state index contributed by atoms with van der Waals surface area (Å²) in [7, 11) is 0. The molecule has 0 aliphatic heterocycles. The van der Waals surface area contributed by atoms with Gasteiger partial charge in [-0.1, -0.05) is 32.9 Å². The molecule has 1 aromatic carbocycles. The van der Waals surface area contributed by atoms with E-state index in [-0.39, 0.29) is 22.7 Å². The summed E-state index contributed by atoms with van der Waals surface area (Å²) in [6, 6.07) is 6.21. The summed E-state index contributed by atoms with van der Waals surface area (Å²) in [5.41, 5.74) is 2.03. The maximum absolute atomic E-state index is 13.0. The van der Waals surface area contributed by atoms with Crippen molar-refractivity contribution in [2.75, 3.05) is 5.32 Å². The Bertz CT molecular complexity index is 792. The lowest BCUT2D eigenvalue weighted by Crippen LogP contribution is -2.19. The molecular weight excluding hydrogens is 319 g/mol. The Morgan fingerprint density at radius 2 is 1.92 bits per heavy atom. The number of hydrogen-bond donors (Lipinski definition) is 3. The molecule has 25 heavy (non-hydrogen) atoms. The summed E-state index contributed by atoms with van der Waals surface area (Å²) in [6.45, 7) is 8.03. The first-order valence-corrected chi connectivity index (χ1v) is 7.99. The van der Waals surface area contributed by atoms with E-state index < -0.39 is 0 Å². The highest BCUT2D eigenvalue weighted by molar-refractivity contribution is 5.95. The van der Waals surface area contributed by atoms with Crippen LogP contribution in [0.3, 0.4) is 0 Å². The summed E-state index contributed by atoms with van der Waals surface area (Å²) in [6.07, 6.45) is 2.93. The van der Waals surface area contributed by atoms with E-state index in [4.69, 9.17) is 5.41 Å². The molecule has 0 unspecified atom stereocenters. The zero-order valence-corrected chi connectivity index (χ0v) is 14.9. The molecule has 5 nitrogen and oxygen atoms in total. The lowest BCUT2D eigenvalue weighted by Gasteiger charge is -2.22. The van der Waals surface area contributed by atoms with Crippen LogP contribution in [0.5, 0.6) is 0 Å². The van der Waals surface area contributed by atoms with Gasteiger partial charge < -0.3 is 15.8 Å². The third kappa shape index (κ3) is 5.11. The fourth-order valence-corrected chi connectivity index (χ4v) is 2.29. The molecule has 0 radical (unpaired) electrons. The monoisotopic (exact) mass is 342 g/mol. The average Bonchev–Trinajstić information content (AvgIpc) is 2.52. The largest absolute Gasteiger partial charge is 0.507 e. The number of aliphatic hydroxyl groups is 1. The normalized spacial score (nSPS) is 12.1. The number of rotatable bonds is 5. The summed E-state index contributed by atoms with van der Waals surface area (Å²) in [5, 5.41) is 20.9. The zero-order chi connectivity index (χ0) is 18.6. The van der Waals surface area contributed by atoms with Gasteiger partial charge >= 0.3 is 0 Å². The highest BCUT2D eigenvalue weighted by Gasteiger charge is 2.23. The molecule has 1 heterocycles. The minimum atomic E-state index is -0.317. The Morgan fingerprint density at radius 1 is 1.28 bits per heavy atom. The van der Waals surface area contributed by atoms with E-state index in [1.807, 2.05) is 20.8 Å². The second-order valence-electron chi connectivity index (χ2n) is 6.90. The van der Waals surface area contributed by atoms with Gasteiger partial charge in [0.2, 0.25) is 5.95 Å². The number of halogens is 1. The molecule has 132 valence electrons. The molecule has 0 amide bonds. The molecule has 6 heteroatoms. The van der Waals surface area contributed by atoms with Crippen molar-refractivity contribution in [1.82, 2.24) is 9.97 Å². The van der Waals surface area contributed by atoms with Crippen molar-refractivity contribution in [3.05, 3.63) is 59.2 Å². The van der Waals surface area contributed by atoms with Crippen LogP contribution in [0.15, 0.2) is 36.5 Å². The summed E-state index contributed by atoms with van der Waals surface area (Å²) < 4.78 is 13.0. The Morgan fingerprint density at radius 3 is 2.48 bits per heavy atom. The van der Waals surface area contributed by atoms with Gasteiger partial charge in [0.15, 0.2) is 0 Å². The third-order valence-electron chi connectivity index (χ3n) is 3.49. The van der Waals surface area contributed by atoms with Gasteiger partial charge in [-0.05, 0) is 24.6 Å². The van der Waals surface area contributed by atoms with Gasteiger partial charge in [0.05, 0.1) is 11.3 Å². The van der Waals surface area contributed by atoms with Crippen LogP contribution in [0.4, 0.5) is 10.3 Å². The van der Waals surface area contributed by atoms with Crippen LogP contribution in [0.25, 0.3) is 5.76 Å². The molecule has 3 N–H and O–H groups in total. The maximum atomic E-state index is 13.0. The van der Waals surface area contributed by atoms with Crippen LogP contribution < -0.4 is 5.32 Å². The van der Waals surface area contributed by atoms with Gasteiger partial charge in [-0.25, -0.2) is 14.4 Å². The standard InChI is InChI=1S/C19H23FN4O/c1-12(21)9-16(25)15-11-23-18(24-17(15)19(2,3)4)22-10-13-5-7-14(20)8-6-13/h5-9,11,21,25H,10H2,1-4H3,(H,22,23,24)/b16-9-,21-12?. The second-order valence-corrected chi connectivity index (χ2v) is 6.90. The minimum Gasteiger partial charge on any atom is -0.507 e. The fraction of sp³-hybridized carbons (Fsp3) is 0.316. The SMILES string of the molecule is CC(=N)/C=C(\O)c1cnc(NCc2ccc(F)cc2)nc1C(C)(C)C. The van der Waals surface area contributed by atoms with Crippen LogP contribution >= 0.6 is 0 Å². The molecule has 0 aliphatic carbocycles. The number of nitrogens with one attached hydrogen (secondary N) is 2. The van der Waals surface area contributed by atoms with E-state index in [1.54, 1.807) is 25.3 Å². The van der Waals surface area contributed by atoms with E-state index in [2.05, 4.69) is 15.3 Å². The first kappa shape index (κ1) is 18.6. The number of anilines is 1. The van der Waals surface area contributed by atoms with Crippen LogP contribution in [0.2, 0.25) is 0 Å². The average molecular weight is 342 g/mol. The molecule has 2 rings (SSSR count). The second kappa shape index (κ2) is 7.42. The van der Waals surface area contributed by atoms with E-state index in [9.17, 15) is 9.50 Å². The number of benzene rings is 1. The topological polar surface area (TPSA) is 81.9 Å². The highest BCUT2D eigenvalue weighted by atomic mass is 19.1. The molecule has 1 aromatic heterocycles. The van der Waals surface area contributed by atoms with Crippen molar-refractivity contribution >= 4 is 17.4 Å². The lowest BCUT2D eigenvalue weighted by atomic mass is 9.88. The Balaban J connectivity index is 2.29. The smallest absolute Gasteiger partial charge is 0.223 e. The van der Waals surface area contributed by atoms with E-state index in [1.165, 1.54) is 18.2 Å². The molecule has 0 spiro atoms. The van der Waals surface area contributed by atoms with Crippen molar-refractivity contribution in [1.29, 1.82) is 5.41 Å². The third-order valence-corrected chi connectivity index (χ3v) is 3.49. The zero-order valence-electron chi connectivity index (χ0n) is 14.9. The number of nitrogens with zero attached hydrogens (tertiary/aromatic N) is 2. The van der Waals surface area contributed by atoms with Crippen LogP contribution in [0, 0.1) is 11.2 Å². The van der Waals surface area contributed by atoms with Gasteiger partial charge in [-0.3, -0.25) is 0 Å². The quantitative estimate of drug-likeness (QED) is 0.553. The summed E-state index contributed by atoms with van der Waals surface area (Å²) in [5.74, 6) is 0.128. The van der Waals surface area contributed by atoms with Crippen molar-refractivity contribution in [3.63, 3.8) is 0 Å². The number of allylic oxidation sites excluding steroid dienone is 1. The van der Waals surface area contributed by atoms with Gasteiger partial charge in [0.25, 0.3) is 0 Å². The number of aromatic nitrogens is 2. The summed E-state index contributed by atoms with van der Waals surface area (Å²) in [4.78, 5) is 8.78.